The lowest BCUT2D eigenvalue weighted by atomic mass is 9.77. The first kappa shape index (κ1) is 5.62. The van der Waals surface area contributed by atoms with Crippen LogP contribution in [0.4, 0.5) is 0 Å². The van der Waals surface area contributed by atoms with Crippen molar-refractivity contribution in [3.63, 3.8) is 0 Å². The summed E-state index contributed by atoms with van der Waals surface area (Å²) >= 11 is 0. The van der Waals surface area contributed by atoms with Gasteiger partial charge in [-0.2, -0.15) is 0 Å². The molecular weight excluding hydrogens is 120 g/mol. The highest BCUT2D eigenvalue weighted by Gasteiger charge is 2.89. The average molecular weight is 136 g/mol. The Kier molecular flexibility index (Phi) is 0.669. The molecule has 0 aromatic heterocycles. The highest BCUT2D eigenvalue weighted by Crippen LogP contribution is 2.94. The molecule has 0 amide bonds. The predicted molar refractivity (Wildman–Crippen MR) is 41.7 cm³/mol. The van der Waals surface area contributed by atoms with E-state index in [0.29, 0.717) is 0 Å². The predicted octanol–water partition coefficient (Wildman–Crippen LogP) is 2.83. The standard InChI is InChI=1S/C10H16/c1-9(2)8-7-5-3-4-6-10(7,8)9/h7-8H,3-6H2,1-2H3. The van der Waals surface area contributed by atoms with Crippen LogP contribution in [-0.4, -0.2) is 0 Å². The Morgan fingerprint density at radius 2 is 2.00 bits per heavy atom. The van der Waals surface area contributed by atoms with Crippen LogP contribution in [0.5, 0.6) is 0 Å². The van der Waals surface area contributed by atoms with Crippen molar-refractivity contribution in [2.75, 3.05) is 0 Å². The molecule has 3 aliphatic carbocycles. The van der Waals surface area contributed by atoms with Crippen LogP contribution in [0.1, 0.15) is 39.5 Å². The molecule has 0 aliphatic heterocycles. The molecule has 1 spiro atoms. The molecule has 0 aromatic rings. The maximum atomic E-state index is 2.47. The Balaban J connectivity index is 1.89. The van der Waals surface area contributed by atoms with Gasteiger partial charge < -0.3 is 0 Å². The summed E-state index contributed by atoms with van der Waals surface area (Å²) in [6.07, 6.45) is 6.18. The number of hydrogen-bond acceptors (Lipinski definition) is 0. The van der Waals surface area contributed by atoms with Crippen LogP contribution in [-0.2, 0) is 0 Å². The molecular formula is C10H16. The van der Waals surface area contributed by atoms with Crippen LogP contribution < -0.4 is 0 Å². The summed E-state index contributed by atoms with van der Waals surface area (Å²) < 4.78 is 0. The highest BCUT2D eigenvalue weighted by atomic mass is 14.9. The zero-order valence-corrected chi connectivity index (χ0v) is 6.98. The number of rotatable bonds is 0. The summed E-state index contributed by atoms with van der Waals surface area (Å²) in [5.41, 5.74) is 1.68. The summed E-state index contributed by atoms with van der Waals surface area (Å²) in [6, 6.07) is 0. The van der Waals surface area contributed by atoms with Gasteiger partial charge in [-0.15, -0.1) is 0 Å². The number of hydrogen-bond donors (Lipinski definition) is 0. The zero-order valence-electron chi connectivity index (χ0n) is 6.98. The molecule has 3 atom stereocenters. The fourth-order valence-corrected chi connectivity index (χ4v) is 4.20. The Hall–Kier alpha value is 0. The molecule has 0 N–H and O–H groups in total. The summed E-state index contributed by atoms with van der Waals surface area (Å²) in [4.78, 5) is 0. The van der Waals surface area contributed by atoms with Crippen molar-refractivity contribution in [1.82, 2.24) is 0 Å². The van der Waals surface area contributed by atoms with Crippen molar-refractivity contribution in [3.05, 3.63) is 0 Å². The first-order valence-electron chi connectivity index (χ1n) is 4.71. The van der Waals surface area contributed by atoms with E-state index >= 15 is 0 Å². The summed E-state index contributed by atoms with van der Waals surface area (Å²) in [5.74, 6) is 2.36. The molecule has 0 aromatic carbocycles. The molecule has 3 unspecified atom stereocenters. The molecule has 3 rings (SSSR count). The van der Waals surface area contributed by atoms with Gasteiger partial charge in [0.05, 0.1) is 0 Å². The van der Waals surface area contributed by atoms with Crippen molar-refractivity contribution in [2.24, 2.45) is 22.7 Å². The van der Waals surface area contributed by atoms with Crippen LogP contribution in [0, 0.1) is 22.7 Å². The van der Waals surface area contributed by atoms with Crippen molar-refractivity contribution >= 4 is 0 Å². The average Bonchev–Trinajstić information content (AvgIpc) is 2.69. The van der Waals surface area contributed by atoms with Crippen LogP contribution in [0.3, 0.4) is 0 Å². The highest BCUT2D eigenvalue weighted by molar-refractivity contribution is 5.36. The van der Waals surface area contributed by atoms with Crippen LogP contribution in [0.15, 0.2) is 0 Å². The monoisotopic (exact) mass is 136 g/mol. The lowest BCUT2D eigenvalue weighted by molar-refractivity contribution is 0.214. The van der Waals surface area contributed by atoms with Crippen molar-refractivity contribution < 1.29 is 0 Å². The fourth-order valence-electron chi connectivity index (χ4n) is 4.20. The zero-order chi connectivity index (χ0) is 6.98. The van der Waals surface area contributed by atoms with Gasteiger partial charge in [-0.1, -0.05) is 26.7 Å². The Labute approximate surface area is 63.0 Å². The van der Waals surface area contributed by atoms with E-state index in [-0.39, 0.29) is 0 Å². The second-order valence-electron chi connectivity index (χ2n) is 5.09. The summed E-state index contributed by atoms with van der Waals surface area (Å²) in [6.45, 7) is 4.94. The van der Waals surface area contributed by atoms with Crippen LogP contribution in [0.2, 0.25) is 0 Å². The van der Waals surface area contributed by atoms with Gasteiger partial charge in [-0.3, -0.25) is 0 Å². The second-order valence-corrected chi connectivity index (χ2v) is 5.09. The molecule has 3 fully saturated rings. The first-order valence-corrected chi connectivity index (χ1v) is 4.71. The molecule has 0 heterocycles. The van der Waals surface area contributed by atoms with Gasteiger partial charge in [0.1, 0.15) is 0 Å². The molecule has 0 saturated heterocycles. The van der Waals surface area contributed by atoms with Crippen molar-refractivity contribution in [2.45, 2.75) is 39.5 Å². The molecule has 3 aliphatic rings. The topological polar surface area (TPSA) is 0 Å². The fraction of sp³-hybridized carbons (Fsp3) is 1.00. The molecule has 0 heteroatoms. The van der Waals surface area contributed by atoms with Crippen molar-refractivity contribution in [3.8, 4) is 0 Å². The van der Waals surface area contributed by atoms with E-state index in [4.69, 9.17) is 0 Å². The molecule has 10 heavy (non-hydrogen) atoms. The largest absolute Gasteiger partial charge is 0.0591 e. The van der Waals surface area contributed by atoms with Gasteiger partial charge in [-0.05, 0) is 35.5 Å². The SMILES string of the molecule is CC1(C)C2C3CCCCC321. The van der Waals surface area contributed by atoms with Gasteiger partial charge in [0.2, 0.25) is 0 Å². The number of fused-ring (bicyclic) bond motifs is 1. The maximum absolute atomic E-state index is 2.47. The minimum atomic E-state index is 0.776. The van der Waals surface area contributed by atoms with Gasteiger partial charge in [0.25, 0.3) is 0 Å². The lowest BCUT2D eigenvalue weighted by Gasteiger charge is -2.28. The first-order chi connectivity index (χ1) is 4.71. The second kappa shape index (κ2) is 1.19. The van der Waals surface area contributed by atoms with Gasteiger partial charge in [-0.25, -0.2) is 0 Å². The minimum absolute atomic E-state index is 0.776. The van der Waals surface area contributed by atoms with Gasteiger partial charge >= 0.3 is 0 Å². The third-order valence-corrected chi connectivity index (χ3v) is 4.76. The Morgan fingerprint density at radius 3 is 2.50 bits per heavy atom. The smallest absolute Gasteiger partial charge is 0.0176 e. The minimum Gasteiger partial charge on any atom is -0.0591 e. The van der Waals surface area contributed by atoms with Crippen molar-refractivity contribution in [1.29, 1.82) is 0 Å². The molecule has 0 bridgehead atoms. The van der Waals surface area contributed by atoms with E-state index in [9.17, 15) is 0 Å². The quantitative estimate of drug-likeness (QED) is 0.480. The third kappa shape index (κ3) is 0.320. The van der Waals surface area contributed by atoms with E-state index in [0.717, 1.165) is 10.8 Å². The molecule has 0 nitrogen and oxygen atoms in total. The lowest BCUT2D eigenvalue weighted by Crippen LogP contribution is -2.19. The van der Waals surface area contributed by atoms with Crippen LogP contribution >= 0.6 is 0 Å². The normalized spacial score (nSPS) is 60.6. The molecule has 56 valence electrons. The Morgan fingerprint density at radius 1 is 1.20 bits per heavy atom. The molecule has 0 radical (unpaired) electrons. The van der Waals surface area contributed by atoms with Crippen LogP contribution in [0.25, 0.3) is 0 Å². The third-order valence-electron chi connectivity index (χ3n) is 4.76. The van der Waals surface area contributed by atoms with E-state index in [2.05, 4.69) is 13.8 Å². The Bertz CT molecular complexity index is 192. The maximum Gasteiger partial charge on any atom is -0.0176 e. The van der Waals surface area contributed by atoms with Gasteiger partial charge in [0, 0.05) is 0 Å². The molecule has 3 saturated carbocycles. The van der Waals surface area contributed by atoms with E-state index in [1.807, 2.05) is 0 Å². The summed E-state index contributed by atoms with van der Waals surface area (Å²) in [5, 5.41) is 0. The van der Waals surface area contributed by atoms with E-state index in [1.165, 1.54) is 24.7 Å². The summed E-state index contributed by atoms with van der Waals surface area (Å²) in [7, 11) is 0. The van der Waals surface area contributed by atoms with Gasteiger partial charge in [0.15, 0.2) is 0 Å². The van der Waals surface area contributed by atoms with E-state index < -0.39 is 0 Å². The van der Waals surface area contributed by atoms with E-state index in [1.54, 1.807) is 12.8 Å².